The van der Waals surface area contributed by atoms with E-state index < -0.39 is 22.8 Å². The van der Waals surface area contributed by atoms with E-state index in [4.69, 9.17) is 22.1 Å². The molecule has 0 aliphatic carbocycles. The van der Waals surface area contributed by atoms with Crippen molar-refractivity contribution in [1.82, 2.24) is 14.9 Å². The number of amides is 1. The monoisotopic (exact) mass is 635 g/mol. The molecule has 1 aliphatic rings. The summed E-state index contributed by atoms with van der Waals surface area (Å²) in [7, 11) is -0.879. The number of nitrogens with zero attached hydrogens (tertiary/aromatic N) is 4. The topological polar surface area (TPSA) is 119 Å². The zero-order chi connectivity index (χ0) is 30.6. The number of benzene rings is 1. The van der Waals surface area contributed by atoms with Crippen molar-refractivity contribution in [2.75, 3.05) is 43.1 Å². The molecule has 1 aliphatic heterocycles. The van der Waals surface area contributed by atoms with Gasteiger partial charge in [-0.3, -0.25) is 9.00 Å². The van der Waals surface area contributed by atoms with Gasteiger partial charge in [-0.2, -0.15) is 0 Å². The van der Waals surface area contributed by atoms with Crippen LogP contribution in [0.3, 0.4) is 0 Å². The van der Waals surface area contributed by atoms with Gasteiger partial charge in [-0.15, -0.1) is 0 Å². The molecule has 0 saturated carbocycles. The molecule has 42 heavy (non-hydrogen) atoms. The van der Waals surface area contributed by atoms with Gasteiger partial charge in [-0.25, -0.2) is 14.8 Å². The Labute approximate surface area is 260 Å². The fraction of sp³-hybridized carbons (Fsp3) is 0.533. The SMILES string of the molecule is CCCCOC(=O)C(Cc1cc2ccnc(N)c2cc1Cl)N(C=O)CCC(C)C.CS(=O)c1cnc(N2CCCC2)s1. The maximum atomic E-state index is 12.8. The summed E-state index contributed by atoms with van der Waals surface area (Å²) in [5.41, 5.74) is 6.69. The minimum Gasteiger partial charge on any atom is -0.464 e. The van der Waals surface area contributed by atoms with E-state index in [-0.39, 0.29) is 6.42 Å². The number of aromatic nitrogens is 2. The number of unbranched alkanes of at least 4 members (excludes halogenated alkanes) is 1. The van der Waals surface area contributed by atoms with Crippen LogP contribution < -0.4 is 10.6 Å². The number of ether oxygens (including phenoxy) is 1. The summed E-state index contributed by atoms with van der Waals surface area (Å²) < 4.78 is 17.5. The first kappa shape index (κ1) is 33.7. The summed E-state index contributed by atoms with van der Waals surface area (Å²) in [6.07, 6.45) is 11.1. The van der Waals surface area contributed by atoms with Gasteiger partial charge in [-0.05, 0) is 60.7 Å². The van der Waals surface area contributed by atoms with E-state index in [1.165, 1.54) is 17.7 Å². The number of fused-ring (bicyclic) bond motifs is 1. The average Bonchev–Trinajstić information content (AvgIpc) is 3.67. The summed E-state index contributed by atoms with van der Waals surface area (Å²) >= 11 is 8.04. The van der Waals surface area contributed by atoms with E-state index in [9.17, 15) is 13.8 Å². The highest BCUT2D eigenvalue weighted by atomic mass is 35.5. The fourth-order valence-corrected chi connectivity index (χ4v) is 6.34. The summed E-state index contributed by atoms with van der Waals surface area (Å²) in [4.78, 5) is 36.7. The van der Waals surface area contributed by atoms with Crippen LogP contribution in [0.5, 0.6) is 0 Å². The normalized spacial score (nSPS) is 14.4. The van der Waals surface area contributed by atoms with Crippen molar-refractivity contribution in [1.29, 1.82) is 0 Å². The molecule has 2 N–H and O–H groups in total. The van der Waals surface area contributed by atoms with Crippen molar-refractivity contribution in [2.45, 2.75) is 69.5 Å². The van der Waals surface area contributed by atoms with Gasteiger partial charge in [0.05, 0.1) is 23.6 Å². The molecule has 2 unspecified atom stereocenters. The lowest BCUT2D eigenvalue weighted by Gasteiger charge is -2.28. The lowest BCUT2D eigenvalue weighted by Crippen LogP contribution is -2.44. The Balaban J connectivity index is 0.000000307. The molecule has 12 heteroatoms. The van der Waals surface area contributed by atoms with Gasteiger partial charge in [0.25, 0.3) is 0 Å². The van der Waals surface area contributed by atoms with Crippen LogP contribution in [0.2, 0.25) is 5.02 Å². The van der Waals surface area contributed by atoms with Crippen LogP contribution in [-0.4, -0.2) is 70.0 Å². The summed E-state index contributed by atoms with van der Waals surface area (Å²) in [6.45, 7) is 9.22. The highest BCUT2D eigenvalue weighted by Gasteiger charge is 2.28. The molecule has 3 heterocycles. The van der Waals surface area contributed by atoms with Crippen LogP contribution in [0.1, 0.15) is 58.4 Å². The lowest BCUT2D eigenvalue weighted by molar-refractivity contribution is -0.152. The molecule has 1 saturated heterocycles. The first-order valence-electron chi connectivity index (χ1n) is 14.4. The molecule has 0 spiro atoms. The number of carbonyl (C=O) groups is 2. The average molecular weight is 636 g/mol. The maximum Gasteiger partial charge on any atom is 0.329 e. The zero-order valence-electron chi connectivity index (χ0n) is 24.9. The van der Waals surface area contributed by atoms with Gasteiger partial charge in [-0.1, -0.05) is 50.1 Å². The molecule has 9 nitrogen and oxygen atoms in total. The third kappa shape index (κ3) is 9.64. The molecule has 3 aromatic rings. The molecule has 0 bridgehead atoms. The quantitative estimate of drug-likeness (QED) is 0.144. The predicted molar refractivity (Wildman–Crippen MR) is 173 cm³/mol. The molecule has 2 aromatic heterocycles. The Morgan fingerprint density at radius 1 is 1.29 bits per heavy atom. The van der Waals surface area contributed by atoms with Gasteiger partial charge >= 0.3 is 5.97 Å². The Kier molecular flexibility index (Phi) is 13.5. The molecular formula is C30H42ClN5O4S2. The number of esters is 1. The van der Waals surface area contributed by atoms with E-state index in [1.807, 2.05) is 19.1 Å². The number of carbonyl (C=O) groups excluding carboxylic acids is 2. The van der Waals surface area contributed by atoms with Crippen molar-refractivity contribution in [3.8, 4) is 0 Å². The summed E-state index contributed by atoms with van der Waals surface area (Å²) in [5, 5.41) is 3.16. The van der Waals surface area contributed by atoms with Crippen LogP contribution in [0.25, 0.3) is 10.8 Å². The van der Waals surface area contributed by atoms with E-state index in [2.05, 4.69) is 28.7 Å². The number of halogens is 1. The van der Waals surface area contributed by atoms with Gasteiger partial charge in [0.1, 0.15) is 16.1 Å². The Morgan fingerprint density at radius 2 is 2.02 bits per heavy atom. The van der Waals surface area contributed by atoms with Crippen molar-refractivity contribution in [3.63, 3.8) is 0 Å². The molecule has 0 radical (unpaired) electrons. The summed E-state index contributed by atoms with van der Waals surface area (Å²) in [6, 6.07) is 4.77. The molecular weight excluding hydrogens is 594 g/mol. The molecule has 1 fully saturated rings. The van der Waals surface area contributed by atoms with Crippen molar-refractivity contribution in [3.05, 3.63) is 41.2 Å². The number of hydrogen-bond donors (Lipinski definition) is 1. The molecule has 2 atom stereocenters. The zero-order valence-corrected chi connectivity index (χ0v) is 27.3. The van der Waals surface area contributed by atoms with Gasteiger partial charge in [0, 0.05) is 48.9 Å². The minimum absolute atomic E-state index is 0.277. The number of anilines is 2. The van der Waals surface area contributed by atoms with Crippen LogP contribution >= 0.6 is 22.9 Å². The van der Waals surface area contributed by atoms with Crippen LogP contribution in [0, 0.1) is 5.92 Å². The standard InChI is InChI=1S/C22H30ClN3O3.C8H12N2OS2/c1-4-5-10-29-22(28)20(26(14-27)9-7-15(2)3)12-17-11-16-6-8-25-21(24)18(16)13-19(17)23;1-13(11)7-6-9-8(12-7)10-4-2-3-5-10/h6,8,11,13-15,20H,4-5,7,9-10,12H2,1-3H3,(H2,24,25);6H,2-5H2,1H3. The van der Waals surface area contributed by atoms with E-state index in [0.29, 0.717) is 29.9 Å². The third-order valence-corrected chi connectivity index (χ3v) is 9.85. The van der Waals surface area contributed by atoms with Crippen molar-refractivity contribution < 1.29 is 18.5 Å². The second-order valence-electron chi connectivity index (χ2n) is 10.7. The minimum atomic E-state index is -0.879. The number of hydrogen-bond acceptors (Lipinski definition) is 9. The number of nitrogen functional groups attached to an aromatic ring is 1. The molecule has 1 amide bonds. The smallest absolute Gasteiger partial charge is 0.329 e. The highest BCUT2D eigenvalue weighted by Crippen LogP contribution is 2.29. The van der Waals surface area contributed by atoms with Crippen molar-refractivity contribution >= 4 is 67.8 Å². The van der Waals surface area contributed by atoms with Crippen molar-refractivity contribution in [2.24, 2.45) is 5.92 Å². The fourth-order valence-electron chi connectivity index (χ4n) is 4.51. The maximum absolute atomic E-state index is 12.8. The van der Waals surface area contributed by atoms with Crippen LogP contribution in [0.15, 0.2) is 34.8 Å². The Hall–Kier alpha value is -2.76. The molecule has 4 rings (SSSR count). The Bertz CT molecular complexity index is 1350. The van der Waals surface area contributed by atoms with E-state index in [1.54, 1.807) is 36.1 Å². The lowest BCUT2D eigenvalue weighted by atomic mass is 10.0. The van der Waals surface area contributed by atoms with Gasteiger partial charge in [0.15, 0.2) is 5.13 Å². The van der Waals surface area contributed by atoms with Gasteiger partial charge < -0.3 is 20.3 Å². The molecule has 230 valence electrons. The van der Waals surface area contributed by atoms with Crippen LogP contribution in [-0.2, 0) is 31.5 Å². The first-order valence-corrected chi connectivity index (χ1v) is 17.1. The number of pyridine rings is 1. The van der Waals surface area contributed by atoms with Crippen LogP contribution in [0.4, 0.5) is 10.9 Å². The van der Waals surface area contributed by atoms with E-state index in [0.717, 1.165) is 64.4 Å². The predicted octanol–water partition coefficient (Wildman–Crippen LogP) is 5.71. The third-order valence-electron chi connectivity index (χ3n) is 7.02. The van der Waals surface area contributed by atoms with Gasteiger partial charge in [0.2, 0.25) is 6.41 Å². The summed E-state index contributed by atoms with van der Waals surface area (Å²) in [5.74, 6) is 0.409. The number of thiazole rings is 1. The first-order chi connectivity index (χ1) is 20.1. The highest BCUT2D eigenvalue weighted by molar-refractivity contribution is 7.86. The van der Waals surface area contributed by atoms with E-state index >= 15 is 0 Å². The second-order valence-corrected chi connectivity index (χ2v) is 13.8. The molecule has 1 aromatic carbocycles. The Morgan fingerprint density at radius 3 is 2.64 bits per heavy atom. The largest absolute Gasteiger partial charge is 0.464 e. The second kappa shape index (κ2) is 16.8. The number of rotatable bonds is 13. The number of nitrogens with two attached hydrogens (primary N) is 1.